The van der Waals surface area contributed by atoms with Gasteiger partial charge in [-0.1, -0.05) is 39.0 Å². The van der Waals surface area contributed by atoms with Crippen LogP contribution in [0.2, 0.25) is 0 Å². The van der Waals surface area contributed by atoms with Gasteiger partial charge < -0.3 is 5.11 Å². The molecule has 1 unspecified atom stereocenters. The van der Waals surface area contributed by atoms with Crippen molar-refractivity contribution in [3.05, 3.63) is 48.3 Å². The van der Waals surface area contributed by atoms with E-state index in [1.165, 1.54) is 0 Å². The molecule has 0 saturated heterocycles. The van der Waals surface area contributed by atoms with Gasteiger partial charge in [0.2, 0.25) is 0 Å². The Balaban J connectivity index is 2.28. The van der Waals surface area contributed by atoms with E-state index >= 15 is 0 Å². The minimum absolute atomic E-state index is 0.176. The van der Waals surface area contributed by atoms with Crippen LogP contribution in [0.3, 0.4) is 0 Å². The molecule has 1 heterocycles. The van der Waals surface area contributed by atoms with Gasteiger partial charge in [0.05, 0.1) is 18.0 Å². The summed E-state index contributed by atoms with van der Waals surface area (Å²) in [6, 6.07) is 9.88. The highest BCUT2D eigenvalue weighted by Gasteiger charge is 2.24. The van der Waals surface area contributed by atoms with Gasteiger partial charge in [0, 0.05) is 11.8 Å². The average molecular weight is 230 g/mol. The fourth-order valence-electron chi connectivity index (χ4n) is 1.70. The van der Waals surface area contributed by atoms with Crippen LogP contribution in [0, 0.1) is 5.41 Å². The van der Waals surface area contributed by atoms with Crippen molar-refractivity contribution in [2.24, 2.45) is 5.41 Å². The maximum absolute atomic E-state index is 10.2. The Labute approximate surface area is 102 Å². The Morgan fingerprint density at radius 3 is 2.41 bits per heavy atom. The summed E-state index contributed by atoms with van der Waals surface area (Å²) in [5.41, 5.74) is 1.67. The summed E-state index contributed by atoms with van der Waals surface area (Å²) < 4.78 is 1.78. The van der Waals surface area contributed by atoms with Crippen LogP contribution >= 0.6 is 0 Å². The fourth-order valence-corrected chi connectivity index (χ4v) is 1.70. The molecule has 2 aromatic rings. The second-order valence-electron chi connectivity index (χ2n) is 5.32. The lowest BCUT2D eigenvalue weighted by atomic mass is 9.86. The number of hydrogen-bond donors (Lipinski definition) is 1. The van der Waals surface area contributed by atoms with E-state index in [9.17, 15) is 5.11 Å². The van der Waals surface area contributed by atoms with Gasteiger partial charge in [0.25, 0.3) is 0 Å². The van der Waals surface area contributed by atoms with E-state index in [-0.39, 0.29) is 5.41 Å². The molecule has 0 saturated carbocycles. The van der Waals surface area contributed by atoms with E-state index in [1.54, 1.807) is 10.9 Å². The molecular weight excluding hydrogens is 212 g/mol. The highest BCUT2D eigenvalue weighted by Crippen LogP contribution is 2.32. The number of rotatable bonds is 2. The van der Waals surface area contributed by atoms with Crippen molar-refractivity contribution in [2.45, 2.75) is 26.9 Å². The van der Waals surface area contributed by atoms with E-state index in [4.69, 9.17) is 0 Å². The van der Waals surface area contributed by atoms with Crippen molar-refractivity contribution in [2.75, 3.05) is 0 Å². The van der Waals surface area contributed by atoms with Crippen molar-refractivity contribution in [3.63, 3.8) is 0 Å². The van der Waals surface area contributed by atoms with Gasteiger partial charge in [0.1, 0.15) is 0 Å². The molecule has 0 fully saturated rings. The van der Waals surface area contributed by atoms with Crippen LogP contribution in [0.5, 0.6) is 0 Å². The first kappa shape index (κ1) is 11.9. The van der Waals surface area contributed by atoms with Gasteiger partial charge >= 0.3 is 0 Å². The largest absolute Gasteiger partial charge is 0.388 e. The first-order valence-corrected chi connectivity index (χ1v) is 5.76. The Morgan fingerprint density at radius 2 is 1.82 bits per heavy atom. The van der Waals surface area contributed by atoms with Crippen molar-refractivity contribution >= 4 is 0 Å². The molecule has 17 heavy (non-hydrogen) atoms. The molecule has 0 spiro atoms. The zero-order chi connectivity index (χ0) is 12.5. The number of nitrogens with zero attached hydrogens (tertiary/aromatic N) is 2. The molecule has 0 amide bonds. The zero-order valence-electron chi connectivity index (χ0n) is 10.5. The molecule has 2 rings (SSSR count). The lowest BCUT2D eigenvalue weighted by Crippen LogP contribution is -2.17. The van der Waals surface area contributed by atoms with E-state index < -0.39 is 6.10 Å². The molecule has 0 aliphatic rings. The number of aliphatic hydroxyl groups is 1. The van der Waals surface area contributed by atoms with Crippen LogP contribution in [0.15, 0.2) is 42.7 Å². The summed E-state index contributed by atoms with van der Waals surface area (Å²) in [6.45, 7) is 6.03. The summed E-state index contributed by atoms with van der Waals surface area (Å²) >= 11 is 0. The van der Waals surface area contributed by atoms with Crippen molar-refractivity contribution < 1.29 is 5.11 Å². The molecule has 1 aromatic heterocycles. The number of benzene rings is 1. The Bertz CT molecular complexity index is 482. The SMILES string of the molecule is CC(C)(C)C(O)c1cnn(-c2ccccc2)c1. The van der Waals surface area contributed by atoms with E-state index in [1.807, 2.05) is 57.3 Å². The molecular formula is C14H18N2O. The molecule has 1 N–H and O–H groups in total. The van der Waals surface area contributed by atoms with E-state index in [0.29, 0.717) is 0 Å². The third kappa shape index (κ3) is 2.56. The number of aromatic nitrogens is 2. The zero-order valence-corrected chi connectivity index (χ0v) is 10.5. The molecule has 0 radical (unpaired) electrons. The monoisotopic (exact) mass is 230 g/mol. The molecule has 1 atom stereocenters. The molecule has 3 heteroatoms. The van der Waals surface area contributed by atoms with Gasteiger partial charge in [-0.3, -0.25) is 0 Å². The highest BCUT2D eigenvalue weighted by molar-refractivity contribution is 5.31. The summed E-state index contributed by atoms with van der Waals surface area (Å²) in [6.07, 6.45) is 3.11. The fraction of sp³-hybridized carbons (Fsp3) is 0.357. The summed E-state index contributed by atoms with van der Waals surface area (Å²) in [7, 11) is 0. The maximum Gasteiger partial charge on any atom is 0.0868 e. The average Bonchev–Trinajstić information content (AvgIpc) is 2.77. The van der Waals surface area contributed by atoms with Crippen LogP contribution in [0.25, 0.3) is 5.69 Å². The smallest absolute Gasteiger partial charge is 0.0868 e. The van der Waals surface area contributed by atoms with E-state index in [2.05, 4.69) is 5.10 Å². The maximum atomic E-state index is 10.2. The van der Waals surface area contributed by atoms with Gasteiger partial charge in [0.15, 0.2) is 0 Å². The van der Waals surface area contributed by atoms with Crippen molar-refractivity contribution in [3.8, 4) is 5.69 Å². The normalized spacial score (nSPS) is 13.6. The summed E-state index contributed by atoms with van der Waals surface area (Å²) in [4.78, 5) is 0. The van der Waals surface area contributed by atoms with Gasteiger partial charge in [-0.25, -0.2) is 4.68 Å². The molecule has 3 nitrogen and oxygen atoms in total. The molecule has 90 valence electrons. The lowest BCUT2D eigenvalue weighted by Gasteiger charge is -2.24. The Kier molecular flexibility index (Phi) is 3.03. The van der Waals surface area contributed by atoms with Crippen LogP contribution in [-0.2, 0) is 0 Å². The standard InChI is InChI=1S/C14H18N2O/c1-14(2,3)13(17)11-9-15-16(10-11)12-7-5-4-6-8-12/h4-10,13,17H,1-3H3. The lowest BCUT2D eigenvalue weighted by molar-refractivity contribution is 0.0626. The second kappa shape index (κ2) is 4.34. The number of hydrogen-bond acceptors (Lipinski definition) is 2. The van der Waals surface area contributed by atoms with Crippen LogP contribution < -0.4 is 0 Å². The van der Waals surface area contributed by atoms with Gasteiger partial charge in [-0.05, 0) is 17.5 Å². The molecule has 0 bridgehead atoms. The molecule has 1 aromatic carbocycles. The molecule has 0 aliphatic carbocycles. The first-order valence-electron chi connectivity index (χ1n) is 5.76. The summed E-state index contributed by atoms with van der Waals surface area (Å²) in [5, 5.41) is 14.4. The van der Waals surface area contributed by atoms with Gasteiger partial charge in [-0.2, -0.15) is 5.10 Å². The number of para-hydroxylation sites is 1. The third-order valence-corrected chi connectivity index (χ3v) is 2.76. The predicted octanol–water partition coefficient (Wildman–Crippen LogP) is 2.95. The third-order valence-electron chi connectivity index (χ3n) is 2.76. The Hall–Kier alpha value is -1.61. The minimum atomic E-state index is -0.500. The van der Waals surface area contributed by atoms with Crippen molar-refractivity contribution in [1.82, 2.24) is 9.78 Å². The van der Waals surface area contributed by atoms with Gasteiger partial charge in [-0.15, -0.1) is 0 Å². The summed E-state index contributed by atoms with van der Waals surface area (Å²) in [5.74, 6) is 0. The van der Waals surface area contributed by atoms with Crippen LogP contribution in [0.1, 0.15) is 32.4 Å². The second-order valence-corrected chi connectivity index (χ2v) is 5.32. The Morgan fingerprint density at radius 1 is 1.18 bits per heavy atom. The van der Waals surface area contributed by atoms with E-state index in [0.717, 1.165) is 11.3 Å². The minimum Gasteiger partial charge on any atom is -0.388 e. The molecule has 0 aliphatic heterocycles. The van der Waals surface area contributed by atoms with Crippen molar-refractivity contribution in [1.29, 1.82) is 0 Å². The van der Waals surface area contributed by atoms with Crippen LogP contribution in [0.4, 0.5) is 0 Å². The highest BCUT2D eigenvalue weighted by atomic mass is 16.3. The first-order chi connectivity index (χ1) is 7.98. The quantitative estimate of drug-likeness (QED) is 0.861. The predicted molar refractivity (Wildman–Crippen MR) is 68.0 cm³/mol. The number of aliphatic hydroxyl groups excluding tert-OH is 1. The van der Waals surface area contributed by atoms with Crippen LogP contribution in [-0.4, -0.2) is 14.9 Å². The topological polar surface area (TPSA) is 38.1 Å².